The van der Waals surface area contributed by atoms with Crippen molar-refractivity contribution in [3.05, 3.63) is 12.7 Å². The number of hydrogen-bond acceptors (Lipinski definition) is 3. The van der Waals surface area contributed by atoms with Gasteiger partial charge in [0.25, 0.3) is 0 Å². The average Bonchev–Trinajstić information content (AvgIpc) is 2.36. The Morgan fingerprint density at radius 3 is 2.39 bits per heavy atom. The van der Waals surface area contributed by atoms with Crippen molar-refractivity contribution in [1.82, 2.24) is 0 Å². The maximum Gasteiger partial charge on any atom is 0.159 e. The maximum atomic E-state index is 5.87. The molecule has 0 bridgehead atoms. The first-order valence-electron chi connectivity index (χ1n) is 7.01. The molecular formula is C15H28O3. The van der Waals surface area contributed by atoms with E-state index in [-0.39, 0.29) is 17.8 Å². The number of allylic oxidation sites excluding steroid dienone is 1. The smallest absolute Gasteiger partial charge is 0.159 e. The van der Waals surface area contributed by atoms with Crippen LogP contribution >= 0.6 is 0 Å². The van der Waals surface area contributed by atoms with Gasteiger partial charge in [-0.2, -0.15) is 0 Å². The zero-order valence-electron chi connectivity index (χ0n) is 12.3. The summed E-state index contributed by atoms with van der Waals surface area (Å²) >= 11 is 0. The Kier molecular flexibility index (Phi) is 6.33. The summed E-state index contributed by atoms with van der Waals surface area (Å²) in [7, 11) is 0. The van der Waals surface area contributed by atoms with Gasteiger partial charge in [0.1, 0.15) is 0 Å². The van der Waals surface area contributed by atoms with E-state index in [1.165, 1.54) is 0 Å². The molecule has 0 amide bonds. The van der Waals surface area contributed by atoms with Crippen LogP contribution in [0.4, 0.5) is 0 Å². The Morgan fingerprint density at radius 1 is 1.33 bits per heavy atom. The third-order valence-electron chi connectivity index (χ3n) is 3.60. The summed E-state index contributed by atoms with van der Waals surface area (Å²) in [5.41, 5.74) is -0.0810. The maximum absolute atomic E-state index is 5.87. The van der Waals surface area contributed by atoms with Crippen molar-refractivity contribution in [3.8, 4) is 0 Å². The fraction of sp³-hybridized carbons (Fsp3) is 0.867. The number of rotatable bonds is 7. The normalized spacial score (nSPS) is 30.4. The van der Waals surface area contributed by atoms with Crippen LogP contribution in [0.3, 0.4) is 0 Å². The van der Waals surface area contributed by atoms with Crippen molar-refractivity contribution in [2.45, 2.75) is 52.9 Å². The van der Waals surface area contributed by atoms with Gasteiger partial charge in [-0.05, 0) is 19.8 Å². The number of ether oxygens (including phenoxy) is 3. The fourth-order valence-corrected chi connectivity index (χ4v) is 2.25. The Hall–Kier alpha value is -0.380. The molecule has 1 rings (SSSR count). The van der Waals surface area contributed by atoms with Crippen LogP contribution in [0.1, 0.15) is 40.5 Å². The van der Waals surface area contributed by atoms with E-state index in [0.29, 0.717) is 19.1 Å². The monoisotopic (exact) mass is 256 g/mol. The zero-order valence-corrected chi connectivity index (χ0v) is 12.3. The van der Waals surface area contributed by atoms with Gasteiger partial charge in [-0.3, -0.25) is 0 Å². The van der Waals surface area contributed by atoms with E-state index in [1.54, 1.807) is 0 Å². The Labute approximate surface area is 111 Å². The molecule has 0 radical (unpaired) electrons. The van der Waals surface area contributed by atoms with Gasteiger partial charge in [0, 0.05) is 17.9 Å². The third kappa shape index (κ3) is 3.81. The van der Waals surface area contributed by atoms with Crippen molar-refractivity contribution in [2.24, 2.45) is 11.3 Å². The van der Waals surface area contributed by atoms with Gasteiger partial charge in [-0.1, -0.05) is 26.8 Å². The molecular weight excluding hydrogens is 228 g/mol. The molecule has 0 N–H and O–H groups in total. The van der Waals surface area contributed by atoms with E-state index in [2.05, 4.69) is 34.3 Å². The molecule has 1 aliphatic rings. The molecule has 0 aromatic rings. The summed E-state index contributed by atoms with van der Waals surface area (Å²) in [6.07, 6.45) is 3.88. The number of hydrogen-bond donors (Lipinski definition) is 0. The Bertz CT molecular complexity index is 242. The van der Waals surface area contributed by atoms with Gasteiger partial charge in [-0.25, -0.2) is 0 Å². The second-order valence-corrected chi connectivity index (χ2v) is 5.60. The highest BCUT2D eigenvalue weighted by Gasteiger charge is 2.41. The van der Waals surface area contributed by atoms with Crippen molar-refractivity contribution < 1.29 is 14.2 Å². The summed E-state index contributed by atoms with van der Waals surface area (Å²) < 4.78 is 17.6. The lowest BCUT2D eigenvalue weighted by Crippen LogP contribution is -2.50. The predicted octanol–water partition coefficient (Wildman–Crippen LogP) is 3.39. The minimum Gasteiger partial charge on any atom is -0.378 e. The first-order valence-corrected chi connectivity index (χ1v) is 7.01. The van der Waals surface area contributed by atoms with E-state index in [1.807, 2.05) is 6.08 Å². The van der Waals surface area contributed by atoms with Gasteiger partial charge in [0.2, 0.25) is 0 Å². The second-order valence-electron chi connectivity index (χ2n) is 5.60. The Morgan fingerprint density at radius 2 is 1.94 bits per heavy atom. The minimum absolute atomic E-state index is 0.0810. The highest BCUT2D eigenvalue weighted by Crippen LogP contribution is 2.35. The fourth-order valence-electron chi connectivity index (χ4n) is 2.25. The molecule has 1 saturated heterocycles. The first kappa shape index (κ1) is 15.7. The van der Waals surface area contributed by atoms with Crippen LogP contribution in [0.15, 0.2) is 12.7 Å². The summed E-state index contributed by atoms with van der Waals surface area (Å²) in [4.78, 5) is 0. The molecule has 1 aliphatic heterocycles. The summed E-state index contributed by atoms with van der Waals surface area (Å²) in [6.45, 7) is 14.5. The highest BCUT2D eigenvalue weighted by atomic mass is 16.7. The quantitative estimate of drug-likeness (QED) is 0.653. The predicted molar refractivity (Wildman–Crippen MR) is 73.5 cm³/mol. The topological polar surface area (TPSA) is 27.7 Å². The molecule has 0 aromatic carbocycles. The zero-order chi connectivity index (χ0) is 13.6. The van der Waals surface area contributed by atoms with Gasteiger partial charge in [-0.15, -0.1) is 6.58 Å². The van der Waals surface area contributed by atoms with E-state index in [4.69, 9.17) is 14.2 Å². The summed E-state index contributed by atoms with van der Waals surface area (Å²) in [6, 6.07) is 0. The lowest BCUT2D eigenvalue weighted by Gasteiger charge is -2.44. The molecule has 1 heterocycles. The van der Waals surface area contributed by atoms with E-state index in [9.17, 15) is 0 Å². The second kappa shape index (κ2) is 7.27. The molecule has 106 valence electrons. The molecule has 3 nitrogen and oxygen atoms in total. The molecule has 0 aliphatic carbocycles. The van der Waals surface area contributed by atoms with Crippen LogP contribution in [0.5, 0.6) is 0 Å². The van der Waals surface area contributed by atoms with Crippen LogP contribution in [-0.4, -0.2) is 32.2 Å². The van der Waals surface area contributed by atoms with Gasteiger partial charge in [0.15, 0.2) is 6.29 Å². The van der Waals surface area contributed by atoms with Gasteiger partial charge >= 0.3 is 0 Å². The lowest BCUT2D eigenvalue weighted by molar-refractivity contribution is -0.265. The van der Waals surface area contributed by atoms with Crippen LogP contribution in [-0.2, 0) is 14.2 Å². The molecule has 1 fully saturated rings. The minimum atomic E-state index is -0.0821. The average molecular weight is 256 g/mol. The van der Waals surface area contributed by atoms with Crippen LogP contribution in [0.2, 0.25) is 0 Å². The van der Waals surface area contributed by atoms with E-state index < -0.39 is 0 Å². The molecule has 0 spiro atoms. The molecule has 3 heteroatoms. The molecule has 0 aromatic heterocycles. The summed E-state index contributed by atoms with van der Waals surface area (Å²) in [5, 5.41) is 0. The molecule has 18 heavy (non-hydrogen) atoms. The van der Waals surface area contributed by atoms with Crippen molar-refractivity contribution in [2.75, 3.05) is 19.8 Å². The molecule has 0 saturated carbocycles. The lowest BCUT2D eigenvalue weighted by atomic mass is 9.80. The van der Waals surface area contributed by atoms with Crippen molar-refractivity contribution >= 4 is 0 Å². The SMILES string of the molecule is C=CCC1([C@@H](C)OCCC)COC(C(C)C)OC1. The molecule has 0 unspecified atom stereocenters. The van der Waals surface area contributed by atoms with Crippen LogP contribution in [0.25, 0.3) is 0 Å². The highest BCUT2D eigenvalue weighted by molar-refractivity contribution is 4.93. The molecule has 1 atom stereocenters. The van der Waals surface area contributed by atoms with Crippen LogP contribution < -0.4 is 0 Å². The Balaban J connectivity index is 2.62. The van der Waals surface area contributed by atoms with Gasteiger partial charge < -0.3 is 14.2 Å². The van der Waals surface area contributed by atoms with Crippen molar-refractivity contribution in [3.63, 3.8) is 0 Å². The first-order chi connectivity index (χ1) is 8.55. The summed E-state index contributed by atoms with van der Waals surface area (Å²) in [5.74, 6) is 0.388. The van der Waals surface area contributed by atoms with Gasteiger partial charge in [0.05, 0.1) is 19.3 Å². The van der Waals surface area contributed by atoms with E-state index in [0.717, 1.165) is 19.4 Å². The third-order valence-corrected chi connectivity index (χ3v) is 3.60. The standard InChI is InChI=1S/C15H28O3/c1-6-8-15(13(5)16-9-7-2)10-17-14(12(3)4)18-11-15/h6,12-14H,1,7-11H2,2-5H3/t13-,14?,15?/m1/s1. The van der Waals surface area contributed by atoms with E-state index >= 15 is 0 Å². The van der Waals surface area contributed by atoms with Crippen LogP contribution in [0, 0.1) is 11.3 Å². The largest absolute Gasteiger partial charge is 0.378 e. The van der Waals surface area contributed by atoms with Crippen molar-refractivity contribution in [1.29, 1.82) is 0 Å².